The largest absolute Gasteiger partial charge is 0.356 e. The van der Waals surface area contributed by atoms with Crippen LogP contribution in [0, 0.1) is 19.7 Å². The Bertz CT molecular complexity index is 936. The van der Waals surface area contributed by atoms with Crippen LogP contribution in [-0.4, -0.2) is 41.1 Å². The minimum atomic E-state index is -3.57. The van der Waals surface area contributed by atoms with Gasteiger partial charge in [0.2, 0.25) is 10.0 Å². The molecule has 0 heterocycles. The molecule has 0 aliphatic heterocycles. The summed E-state index contributed by atoms with van der Waals surface area (Å²) in [5, 5.41) is 6.12. The zero-order chi connectivity index (χ0) is 20.6. The van der Waals surface area contributed by atoms with Crippen molar-refractivity contribution in [3.63, 3.8) is 0 Å². The molecule has 6 nitrogen and oxygen atoms in total. The van der Waals surface area contributed by atoms with Crippen LogP contribution in [0.3, 0.4) is 0 Å². The topological polar surface area (TPSA) is 82.6 Å². The number of rotatable bonds is 8. The molecular formula is C20H28FIN4O2S. The van der Waals surface area contributed by atoms with Crippen molar-refractivity contribution < 1.29 is 12.8 Å². The van der Waals surface area contributed by atoms with Crippen LogP contribution in [0.25, 0.3) is 0 Å². The van der Waals surface area contributed by atoms with Gasteiger partial charge in [-0.15, -0.1) is 24.0 Å². The SMILES string of the molecule is CN=C(NCCNS(=O)(=O)c1cc(C)ccc1C)NCCc1ccccc1F.I. The van der Waals surface area contributed by atoms with Crippen molar-refractivity contribution in [2.75, 3.05) is 26.7 Å². The predicted molar refractivity (Wildman–Crippen MR) is 126 cm³/mol. The molecule has 2 rings (SSSR count). The van der Waals surface area contributed by atoms with Crippen LogP contribution in [0.5, 0.6) is 0 Å². The van der Waals surface area contributed by atoms with Gasteiger partial charge in [-0.2, -0.15) is 0 Å². The van der Waals surface area contributed by atoms with Crippen molar-refractivity contribution >= 4 is 40.0 Å². The van der Waals surface area contributed by atoms with Gasteiger partial charge < -0.3 is 10.6 Å². The molecule has 2 aromatic carbocycles. The number of benzene rings is 2. The highest BCUT2D eigenvalue weighted by molar-refractivity contribution is 14.0. The Morgan fingerprint density at radius 1 is 1.03 bits per heavy atom. The maximum absolute atomic E-state index is 13.6. The van der Waals surface area contributed by atoms with Crippen molar-refractivity contribution in [3.05, 3.63) is 65.0 Å². The van der Waals surface area contributed by atoms with Crippen LogP contribution in [0.1, 0.15) is 16.7 Å². The van der Waals surface area contributed by atoms with E-state index in [4.69, 9.17) is 0 Å². The Labute approximate surface area is 189 Å². The van der Waals surface area contributed by atoms with E-state index in [-0.39, 0.29) is 36.3 Å². The molecule has 0 aliphatic rings. The molecule has 0 unspecified atom stereocenters. The van der Waals surface area contributed by atoms with E-state index < -0.39 is 10.0 Å². The maximum atomic E-state index is 13.6. The predicted octanol–water partition coefficient (Wildman–Crippen LogP) is 2.75. The van der Waals surface area contributed by atoms with Gasteiger partial charge >= 0.3 is 0 Å². The van der Waals surface area contributed by atoms with Gasteiger partial charge in [-0.05, 0) is 49.1 Å². The normalized spacial score (nSPS) is 11.7. The minimum absolute atomic E-state index is 0. The van der Waals surface area contributed by atoms with Gasteiger partial charge in [0.25, 0.3) is 0 Å². The second kappa shape index (κ2) is 12.1. The first-order chi connectivity index (χ1) is 13.3. The molecular weight excluding hydrogens is 506 g/mol. The number of aliphatic imine (C=N–C) groups is 1. The van der Waals surface area contributed by atoms with Crippen molar-refractivity contribution in [2.45, 2.75) is 25.2 Å². The Hall–Kier alpha value is -1.72. The summed E-state index contributed by atoms with van der Waals surface area (Å²) in [5.41, 5.74) is 2.23. The summed E-state index contributed by atoms with van der Waals surface area (Å²) < 4.78 is 41.1. The molecule has 9 heteroatoms. The van der Waals surface area contributed by atoms with E-state index in [1.165, 1.54) is 6.07 Å². The van der Waals surface area contributed by atoms with Gasteiger partial charge in [-0.3, -0.25) is 4.99 Å². The summed E-state index contributed by atoms with van der Waals surface area (Å²) >= 11 is 0. The van der Waals surface area contributed by atoms with Gasteiger partial charge in [0.15, 0.2) is 5.96 Å². The Balaban J connectivity index is 0.00000420. The molecule has 0 atom stereocenters. The summed E-state index contributed by atoms with van der Waals surface area (Å²) in [6.45, 7) is 4.71. The zero-order valence-corrected chi connectivity index (χ0v) is 20.0. The fraction of sp³-hybridized carbons (Fsp3) is 0.350. The number of sulfonamides is 1. The van der Waals surface area contributed by atoms with Gasteiger partial charge in [-0.25, -0.2) is 17.5 Å². The molecule has 0 bridgehead atoms. The zero-order valence-electron chi connectivity index (χ0n) is 16.8. The monoisotopic (exact) mass is 534 g/mol. The third-order valence-corrected chi connectivity index (χ3v) is 5.81. The Morgan fingerprint density at radius 3 is 2.41 bits per heavy atom. The van der Waals surface area contributed by atoms with Crippen LogP contribution in [0.2, 0.25) is 0 Å². The second-order valence-corrected chi connectivity index (χ2v) is 8.17. The van der Waals surface area contributed by atoms with Gasteiger partial charge in [0, 0.05) is 26.7 Å². The molecule has 0 fully saturated rings. The number of aryl methyl sites for hydroxylation is 2. The molecule has 0 aliphatic carbocycles. The Kier molecular flexibility index (Phi) is 10.5. The fourth-order valence-electron chi connectivity index (χ4n) is 2.68. The van der Waals surface area contributed by atoms with E-state index in [9.17, 15) is 12.8 Å². The van der Waals surface area contributed by atoms with Crippen molar-refractivity contribution in [1.29, 1.82) is 0 Å². The van der Waals surface area contributed by atoms with Crippen LogP contribution >= 0.6 is 24.0 Å². The van der Waals surface area contributed by atoms with Crippen molar-refractivity contribution in [3.8, 4) is 0 Å². The standard InChI is InChI=1S/C20H27FN4O2S.HI/c1-15-8-9-16(2)19(14-15)28(26,27)25-13-12-24-20(22-3)23-11-10-17-6-4-5-7-18(17)21;/h4-9,14,25H,10-13H2,1-3H3,(H2,22,23,24);1H. The van der Waals surface area contributed by atoms with Gasteiger partial charge in [0.05, 0.1) is 4.90 Å². The van der Waals surface area contributed by atoms with E-state index in [1.807, 2.05) is 13.0 Å². The third-order valence-electron chi connectivity index (χ3n) is 4.21. The lowest BCUT2D eigenvalue weighted by atomic mass is 10.1. The first-order valence-corrected chi connectivity index (χ1v) is 10.6. The maximum Gasteiger partial charge on any atom is 0.240 e. The highest BCUT2D eigenvalue weighted by Crippen LogP contribution is 2.16. The van der Waals surface area contributed by atoms with Gasteiger partial charge in [-0.1, -0.05) is 30.3 Å². The van der Waals surface area contributed by atoms with Gasteiger partial charge in [0.1, 0.15) is 5.82 Å². The average Bonchev–Trinajstić information content (AvgIpc) is 2.67. The van der Waals surface area contributed by atoms with Crippen LogP contribution in [0.4, 0.5) is 4.39 Å². The molecule has 3 N–H and O–H groups in total. The lowest BCUT2D eigenvalue weighted by molar-refractivity contribution is 0.579. The molecule has 0 aromatic heterocycles. The molecule has 0 spiro atoms. The highest BCUT2D eigenvalue weighted by atomic mass is 127. The molecule has 29 heavy (non-hydrogen) atoms. The van der Waals surface area contributed by atoms with Crippen LogP contribution in [0.15, 0.2) is 52.4 Å². The second-order valence-electron chi connectivity index (χ2n) is 6.43. The van der Waals surface area contributed by atoms with E-state index in [2.05, 4.69) is 20.3 Å². The Morgan fingerprint density at radius 2 is 1.72 bits per heavy atom. The number of hydrogen-bond donors (Lipinski definition) is 3. The lowest BCUT2D eigenvalue weighted by Gasteiger charge is -2.13. The fourth-order valence-corrected chi connectivity index (χ4v) is 4.04. The number of nitrogens with zero attached hydrogens (tertiary/aromatic N) is 1. The summed E-state index contributed by atoms with van der Waals surface area (Å²) in [7, 11) is -1.94. The summed E-state index contributed by atoms with van der Waals surface area (Å²) in [4.78, 5) is 4.37. The van der Waals surface area contributed by atoms with Crippen molar-refractivity contribution in [2.24, 2.45) is 4.99 Å². The van der Waals surface area contributed by atoms with Crippen LogP contribution < -0.4 is 15.4 Å². The first-order valence-electron chi connectivity index (χ1n) is 9.08. The summed E-state index contributed by atoms with van der Waals surface area (Å²) in [6, 6.07) is 12.0. The van der Waals surface area contributed by atoms with Crippen LogP contribution in [-0.2, 0) is 16.4 Å². The highest BCUT2D eigenvalue weighted by Gasteiger charge is 2.16. The minimum Gasteiger partial charge on any atom is -0.356 e. The van der Waals surface area contributed by atoms with E-state index in [0.717, 1.165) is 5.56 Å². The quantitative estimate of drug-likeness (QED) is 0.211. The molecule has 2 aromatic rings. The summed E-state index contributed by atoms with van der Waals surface area (Å²) in [5.74, 6) is 0.301. The molecule has 0 radical (unpaired) electrons. The first kappa shape index (κ1) is 25.3. The number of hydrogen-bond acceptors (Lipinski definition) is 3. The lowest BCUT2D eigenvalue weighted by Crippen LogP contribution is -2.42. The molecule has 0 saturated carbocycles. The van der Waals surface area contributed by atoms with E-state index >= 15 is 0 Å². The average molecular weight is 534 g/mol. The van der Waals surface area contributed by atoms with E-state index in [0.29, 0.717) is 41.5 Å². The number of guanidine groups is 1. The molecule has 160 valence electrons. The summed E-state index contributed by atoms with van der Waals surface area (Å²) in [6.07, 6.45) is 0.520. The smallest absolute Gasteiger partial charge is 0.240 e. The number of halogens is 2. The molecule has 0 amide bonds. The third kappa shape index (κ3) is 7.90. The molecule has 0 saturated heterocycles. The van der Waals surface area contributed by atoms with Crippen molar-refractivity contribution in [1.82, 2.24) is 15.4 Å². The number of nitrogens with one attached hydrogen (secondary N) is 3. The van der Waals surface area contributed by atoms with E-state index in [1.54, 1.807) is 44.3 Å².